The Morgan fingerprint density at radius 2 is 1.65 bits per heavy atom. The van der Waals surface area contributed by atoms with E-state index in [1.807, 2.05) is 6.92 Å². The zero-order valence-corrected chi connectivity index (χ0v) is 10.5. The normalized spacial score (nSPS) is 12.4. The average molecular weight is 225 g/mol. The van der Waals surface area contributed by atoms with Gasteiger partial charge < -0.3 is 5.73 Å². The molecule has 17 heavy (non-hydrogen) atoms. The van der Waals surface area contributed by atoms with Crippen molar-refractivity contribution in [2.45, 2.75) is 26.3 Å². The molecule has 0 spiro atoms. The van der Waals surface area contributed by atoms with Crippen molar-refractivity contribution in [1.29, 1.82) is 0 Å². The van der Waals surface area contributed by atoms with E-state index in [0.29, 0.717) is 0 Å². The van der Waals surface area contributed by atoms with Gasteiger partial charge in [-0.25, -0.2) is 0 Å². The molecule has 0 heterocycles. The quantitative estimate of drug-likeness (QED) is 0.848. The monoisotopic (exact) mass is 225 g/mol. The molecule has 0 amide bonds. The molecule has 1 unspecified atom stereocenters. The van der Waals surface area contributed by atoms with Gasteiger partial charge in [0.05, 0.1) is 0 Å². The predicted octanol–water partition coefficient (Wildman–Crippen LogP) is 3.61. The Bertz CT molecular complexity index is 483. The minimum Gasteiger partial charge on any atom is -0.324 e. The number of aryl methyl sites for hydroxylation is 1. The fourth-order valence-corrected chi connectivity index (χ4v) is 2.07. The topological polar surface area (TPSA) is 26.0 Å². The van der Waals surface area contributed by atoms with Crippen molar-refractivity contribution in [2.24, 2.45) is 5.73 Å². The summed E-state index contributed by atoms with van der Waals surface area (Å²) in [6, 6.07) is 17.2. The molecule has 2 rings (SSSR count). The largest absolute Gasteiger partial charge is 0.324 e. The minimum absolute atomic E-state index is 0.0941. The molecule has 2 N–H and O–H groups in total. The molecule has 0 radical (unpaired) electrons. The van der Waals surface area contributed by atoms with E-state index in [1.165, 1.54) is 22.3 Å². The van der Waals surface area contributed by atoms with Crippen LogP contribution in [0.15, 0.2) is 48.5 Å². The fourth-order valence-electron chi connectivity index (χ4n) is 2.07. The Morgan fingerprint density at radius 3 is 2.29 bits per heavy atom. The van der Waals surface area contributed by atoms with Crippen LogP contribution in [0.1, 0.15) is 35.2 Å². The Labute approximate surface area is 103 Å². The maximum absolute atomic E-state index is 5.99. The van der Waals surface area contributed by atoms with E-state index in [1.54, 1.807) is 0 Å². The first-order valence-corrected chi connectivity index (χ1v) is 6.06. The highest BCUT2D eigenvalue weighted by Crippen LogP contribution is 2.19. The lowest BCUT2D eigenvalue weighted by molar-refractivity contribution is 0.804. The molecule has 0 bridgehead atoms. The van der Waals surface area contributed by atoms with Gasteiger partial charge in [-0.15, -0.1) is 0 Å². The van der Waals surface area contributed by atoms with Gasteiger partial charge in [0.2, 0.25) is 0 Å². The highest BCUT2D eigenvalue weighted by atomic mass is 14.6. The van der Waals surface area contributed by atoms with Crippen LogP contribution in [0.25, 0.3) is 0 Å². The summed E-state index contributed by atoms with van der Waals surface area (Å²) >= 11 is 0. The third-order valence-corrected chi connectivity index (χ3v) is 3.06. The molecule has 0 aromatic heterocycles. The molecule has 0 fully saturated rings. The van der Waals surface area contributed by atoms with E-state index in [9.17, 15) is 0 Å². The van der Waals surface area contributed by atoms with Gasteiger partial charge in [-0.2, -0.15) is 0 Å². The summed E-state index contributed by atoms with van der Waals surface area (Å²) in [4.78, 5) is 0. The lowest BCUT2D eigenvalue weighted by Gasteiger charge is -2.12. The Kier molecular flexibility index (Phi) is 3.60. The molecule has 0 aliphatic heterocycles. The van der Waals surface area contributed by atoms with Gasteiger partial charge in [0.1, 0.15) is 0 Å². The van der Waals surface area contributed by atoms with Gasteiger partial charge in [0.25, 0.3) is 0 Å². The van der Waals surface area contributed by atoms with E-state index in [0.717, 1.165) is 6.42 Å². The molecule has 0 aliphatic carbocycles. The van der Waals surface area contributed by atoms with Crippen molar-refractivity contribution in [2.75, 3.05) is 0 Å². The predicted molar refractivity (Wildman–Crippen MR) is 73.0 cm³/mol. The number of hydrogen-bond donors (Lipinski definition) is 1. The summed E-state index contributed by atoms with van der Waals surface area (Å²) in [5.41, 5.74) is 11.2. The van der Waals surface area contributed by atoms with Gasteiger partial charge in [-0.1, -0.05) is 54.1 Å². The van der Waals surface area contributed by atoms with Crippen LogP contribution in [-0.2, 0) is 6.42 Å². The molecule has 1 nitrogen and oxygen atoms in total. The molecule has 2 aromatic carbocycles. The molecule has 0 aliphatic rings. The Hall–Kier alpha value is -1.60. The molecule has 88 valence electrons. The van der Waals surface area contributed by atoms with Gasteiger partial charge in [-0.3, -0.25) is 0 Å². The van der Waals surface area contributed by atoms with Crippen LogP contribution in [0, 0.1) is 6.92 Å². The summed E-state index contributed by atoms with van der Waals surface area (Å²) in [6.45, 7) is 4.15. The standard InChI is InChI=1S/C16H19N/c1-12-7-9-14(10-8-12)11-15-5-3-4-6-16(15)13(2)17/h3-10,13H,11,17H2,1-2H3. The summed E-state index contributed by atoms with van der Waals surface area (Å²) in [5.74, 6) is 0. The second kappa shape index (κ2) is 5.15. The summed E-state index contributed by atoms with van der Waals surface area (Å²) in [5, 5.41) is 0. The molecular weight excluding hydrogens is 206 g/mol. The second-order valence-electron chi connectivity index (χ2n) is 4.65. The van der Waals surface area contributed by atoms with Crippen molar-refractivity contribution in [3.63, 3.8) is 0 Å². The number of benzene rings is 2. The van der Waals surface area contributed by atoms with Crippen LogP contribution >= 0.6 is 0 Å². The summed E-state index contributed by atoms with van der Waals surface area (Å²) in [7, 11) is 0. The number of rotatable bonds is 3. The third-order valence-electron chi connectivity index (χ3n) is 3.06. The third kappa shape index (κ3) is 2.95. The van der Waals surface area contributed by atoms with E-state index in [4.69, 9.17) is 5.73 Å². The number of nitrogens with two attached hydrogens (primary N) is 1. The van der Waals surface area contributed by atoms with Crippen LogP contribution in [-0.4, -0.2) is 0 Å². The molecule has 0 saturated heterocycles. The Morgan fingerprint density at radius 1 is 1.00 bits per heavy atom. The van der Waals surface area contributed by atoms with E-state index in [-0.39, 0.29) is 6.04 Å². The van der Waals surface area contributed by atoms with Crippen molar-refractivity contribution >= 4 is 0 Å². The first-order chi connectivity index (χ1) is 8.16. The SMILES string of the molecule is Cc1ccc(Cc2ccccc2C(C)N)cc1. The van der Waals surface area contributed by atoms with Gasteiger partial charge in [0.15, 0.2) is 0 Å². The van der Waals surface area contributed by atoms with Crippen molar-refractivity contribution in [3.05, 3.63) is 70.8 Å². The molecule has 0 saturated carbocycles. The smallest absolute Gasteiger partial charge is 0.0268 e. The lowest BCUT2D eigenvalue weighted by atomic mass is 9.96. The van der Waals surface area contributed by atoms with Crippen molar-refractivity contribution in [1.82, 2.24) is 0 Å². The van der Waals surface area contributed by atoms with Crippen molar-refractivity contribution < 1.29 is 0 Å². The van der Waals surface area contributed by atoms with Gasteiger partial charge in [0, 0.05) is 6.04 Å². The number of hydrogen-bond acceptors (Lipinski definition) is 1. The first-order valence-electron chi connectivity index (χ1n) is 6.06. The maximum Gasteiger partial charge on any atom is 0.0268 e. The second-order valence-corrected chi connectivity index (χ2v) is 4.65. The fraction of sp³-hybridized carbons (Fsp3) is 0.250. The van der Waals surface area contributed by atoms with Crippen LogP contribution in [0.3, 0.4) is 0 Å². The molecule has 2 aromatic rings. The summed E-state index contributed by atoms with van der Waals surface area (Å²) < 4.78 is 0. The molecule has 1 atom stereocenters. The average Bonchev–Trinajstić information content (AvgIpc) is 2.32. The van der Waals surface area contributed by atoms with Crippen LogP contribution in [0.2, 0.25) is 0 Å². The van der Waals surface area contributed by atoms with E-state index >= 15 is 0 Å². The van der Waals surface area contributed by atoms with E-state index in [2.05, 4.69) is 55.5 Å². The lowest BCUT2D eigenvalue weighted by Crippen LogP contribution is -2.08. The zero-order valence-electron chi connectivity index (χ0n) is 10.5. The van der Waals surface area contributed by atoms with Crippen LogP contribution < -0.4 is 5.73 Å². The van der Waals surface area contributed by atoms with E-state index < -0.39 is 0 Å². The minimum atomic E-state index is 0.0941. The highest BCUT2D eigenvalue weighted by molar-refractivity contribution is 5.35. The van der Waals surface area contributed by atoms with Gasteiger partial charge in [-0.05, 0) is 37.0 Å². The molecular formula is C16H19N. The zero-order chi connectivity index (χ0) is 12.3. The van der Waals surface area contributed by atoms with Crippen LogP contribution in [0.4, 0.5) is 0 Å². The first kappa shape index (κ1) is 11.9. The maximum atomic E-state index is 5.99. The Balaban J connectivity index is 2.26. The highest BCUT2D eigenvalue weighted by Gasteiger charge is 2.06. The van der Waals surface area contributed by atoms with Crippen LogP contribution in [0.5, 0.6) is 0 Å². The van der Waals surface area contributed by atoms with Crippen molar-refractivity contribution in [3.8, 4) is 0 Å². The molecule has 1 heteroatoms. The van der Waals surface area contributed by atoms with Gasteiger partial charge >= 0.3 is 0 Å². The summed E-state index contributed by atoms with van der Waals surface area (Å²) in [6.07, 6.45) is 0.956.